The number of hydrogen-bond acceptors (Lipinski definition) is 3. The zero-order chi connectivity index (χ0) is 13.5. The molecule has 2 atom stereocenters. The molecule has 3 heteroatoms. The molecule has 0 radical (unpaired) electrons. The second kappa shape index (κ2) is 7.39. The van der Waals surface area contributed by atoms with Crippen LogP contribution in [0, 0.1) is 13.8 Å². The van der Waals surface area contributed by atoms with E-state index in [1.165, 1.54) is 5.56 Å². The molecule has 0 aliphatic carbocycles. The summed E-state index contributed by atoms with van der Waals surface area (Å²) in [5.74, 6) is 0.850. The molecule has 18 heavy (non-hydrogen) atoms. The fraction of sp³-hybridized carbons (Fsp3) is 0.600. The molecule has 0 amide bonds. The molecule has 102 valence electrons. The molecule has 0 aliphatic heterocycles. The maximum atomic E-state index is 9.81. The summed E-state index contributed by atoms with van der Waals surface area (Å²) >= 11 is 0. The monoisotopic (exact) mass is 251 g/mol. The first-order chi connectivity index (χ1) is 8.52. The Kier molecular flexibility index (Phi) is 6.16. The Morgan fingerprint density at radius 1 is 1.33 bits per heavy atom. The minimum atomic E-state index is -0.472. The Morgan fingerprint density at radius 2 is 2.06 bits per heavy atom. The van der Waals surface area contributed by atoms with Crippen molar-refractivity contribution in [2.24, 2.45) is 0 Å². The standard InChI is InChI=1S/C15H25NO2/c1-5-13(4)16-9-14(17)10-18-15-7-6-11(2)8-12(15)3/h6-8,13-14,16-17H,5,9-10H2,1-4H3/t13-,14-/m1/s1. The lowest BCUT2D eigenvalue weighted by molar-refractivity contribution is 0.103. The lowest BCUT2D eigenvalue weighted by Gasteiger charge is -2.17. The molecule has 1 aromatic rings. The summed E-state index contributed by atoms with van der Waals surface area (Å²) in [5.41, 5.74) is 2.33. The van der Waals surface area contributed by atoms with Gasteiger partial charge in [-0.25, -0.2) is 0 Å². The van der Waals surface area contributed by atoms with Crippen LogP contribution in [0.2, 0.25) is 0 Å². The number of ether oxygens (including phenoxy) is 1. The fourth-order valence-corrected chi connectivity index (χ4v) is 1.69. The molecule has 1 rings (SSSR count). The summed E-state index contributed by atoms with van der Waals surface area (Å²) in [7, 11) is 0. The van der Waals surface area contributed by atoms with Gasteiger partial charge in [-0.15, -0.1) is 0 Å². The second-order valence-electron chi connectivity index (χ2n) is 4.95. The summed E-state index contributed by atoms with van der Waals surface area (Å²) in [6.45, 7) is 9.20. The summed E-state index contributed by atoms with van der Waals surface area (Å²) < 4.78 is 5.63. The molecule has 0 aromatic heterocycles. The van der Waals surface area contributed by atoms with Gasteiger partial charge in [0, 0.05) is 12.6 Å². The Hall–Kier alpha value is -1.06. The highest BCUT2D eigenvalue weighted by molar-refractivity contribution is 5.35. The van der Waals surface area contributed by atoms with Crippen molar-refractivity contribution >= 4 is 0 Å². The zero-order valence-electron chi connectivity index (χ0n) is 11.9. The van der Waals surface area contributed by atoms with E-state index in [2.05, 4.69) is 32.2 Å². The van der Waals surface area contributed by atoms with Crippen LogP contribution < -0.4 is 10.1 Å². The van der Waals surface area contributed by atoms with Crippen molar-refractivity contribution in [3.8, 4) is 5.75 Å². The molecule has 3 nitrogen and oxygen atoms in total. The van der Waals surface area contributed by atoms with Crippen molar-refractivity contribution in [3.63, 3.8) is 0 Å². The van der Waals surface area contributed by atoms with E-state index >= 15 is 0 Å². The van der Waals surface area contributed by atoms with Gasteiger partial charge < -0.3 is 15.2 Å². The molecule has 1 aromatic carbocycles. The Bertz CT molecular complexity index is 366. The first-order valence-corrected chi connectivity index (χ1v) is 6.64. The minimum absolute atomic E-state index is 0.327. The molecule has 0 spiro atoms. The van der Waals surface area contributed by atoms with E-state index in [1.807, 2.05) is 19.1 Å². The van der Waals surface area contributed by atoms with E-state index in [0.29, 0.717) is 19.2 Å². The van der Waals surface area contributed by atoms with Crippen LogP contribution >= 0.6 is 0 Å². The third-order valence-corrected chi connectivity index (χ3v) is 3.08. The van der Waals surface area contributed by atoms with Crippen LogP contribution in [0.3, 0.4) is 0 Å². The van der Waals surface area contributed by atoms with Crippen LogP contribution in [0.15, 0.2) is 18.2 Å². The average Bonchev–Trinajstić information content (AvgIpc) is 2.34. The van der Waals surface area contributed by atoms with Crippen molar-refractivity contribution in [2.75, 3.05) is 13.2 Å². The first-order valence-electron chi connectivity index (χ1n) is 6.64. The number of rotatable bonds is 7. The highest BCUT2D eigenvalue weighted by Gasteiger charge is 2.08. The highest BCUT2D eigenvalue weighted by Crippen LogP contribution is 2.18. The summed E-state index contributed by atoms with van der Waals surface area (Å²) in [6.07, 6.45) is 0.588. The molecule has 0 unspecified atom stereocenters. The Morgan fingerprint density at radius 3 is 2.67 bits per heavy atom. The average molecular weight is 251 g/mol. The summed E-state index contributed by atoms with van der Waals surface area (Å²) in [4.78, 5) is 0. The molecule has 2 N–H and O–H groups in total. The molecule has 0 bridgehead atoms. The number of nitrogens with one attached hydrogen (secondary N) is 1. The number of aliphatic hydroxyl groups excluding tert-OH is 1. The van der Waals surface area contributed by atoms with E-state index in [-0.39, 0.29) is 0 Å². The van der Waals surface area contributed by atoms with Crippen molar-refractivity contribution in [1.29, 1.82) is 0 Å². The van der Waals surface area contributed by atoms with Gasteiger partial charge >= 0.3 is 0 Å². The molecule has 0 heterocycles. The smallest absolute Gasteiger partial charge is 0.122 e. The van der Waals surface area contributed by atoms with Gasteiger partial charge in [0.25, 0.3) is 0 Å². The van der Waals surface area contributed by atoms with Gasteiger partial charge in [0.1, 0.15) is 18.5 Å². The van der Waals surface area contributed by atoms with E-state index < -0.39 is 6.10 Å². The molecule has 0 saturated heterocycles. The van der Waals surface area contributed by atoms with Crippen LogP contribution in [0.5, 0.6) is 5.75 Å². The van der Waals surface area contributed by atoms with Crippen LogP contribution in [0.25, 0.3) is 0 Å². The molecule has 0 fully saturated rings. The van der Waals surface area contributed by atoms with Gasteiger partial charge in [0.15, 0.2) is 0 Å². The number of aryl methyl sites for hydroxylation is 2. The quantitative estimate of drug-likeness (QED) is 0.782. The van der Waals surface area contributed by atoms with Crippen molar-refractivity contribution in [1.82, 2.24) is 5.32 Å². The maximum Gasteiger partial charge on any atom is 0.122 e. The van der Waals surface area contributed by atoms with E-state index in [4.69, 9.17) is 4.74 Å². The lowest BCUT2D eigenvalue weighted by atomic mass is 10.1. The third-order valence-electron chi connectivity index (χ3n) is 3.08. The van der Waals surface area contributed by atoms with Gasteiger partial charge in [0.05, 0.1) is 0 Å². The Balaban J connectivity index is 2.35. The minimum Gasteiger partial charge on any atom is -0.491 e. The topological polar surface area (TPSA) is 41.5 Å². The zero-order valence-corrected chi connectivity index (χ0v) is 11.9. The highest BCUT2D eigenvalue weighted by atomic mass is 16.5. The molecular formula is C15H25NO2. The second-order valence-corrected chi connectivity index (χ2v) is 4.95. The van der Waals surface area contributed by atoms with Crippen LogP contribution in [-0.2, 0) is 0 Å². The predicted octanol–water partition coefficient (Wildman–Crippen LogP) is 2.43. The lowest BCUT2D eigenvalue weighted by Crippen LogP contribution is -2.36. The SMILES string of the molecule is CC[C@@H](C)NC[C@@H](O)COc1ccc(C)cc1C. The molecule has 0 saturated carbocycles. The van der Waals surface area contributed by atoms with Crippen molar-refractivity contribution in [3.05, 3.63) is 29.3 Å². The predicted molar refractivity (Wildman–Crippen MR) is 75.2 cm³/mol. The van der Waals surface area contributed by atoms with Crippen molar-refractivity contribution < 1.29 is 9.84 Å². The first kappa shape index (κ1) is 15.0. The van der Waals surface area contributed by atoms with Crippen LogP contribution in [0.4, 0.5) is 0 Å². The Labute approximate surface area is 110 Å². The fourth-order valence-electron chi connectivity index (χ4n) is 1.69. The largest absolute Gasteiger partial charge is 0.491 e. The summed E-state index contributed by atoms with van der Waals surface area (Å²) in [5, 5.41) is 13.1. The summed E-state index contributed by atoms with van der Waals surface area (Å²) in [6, 6.07) is 6.49. The number of hydrogen-bond donors (Lipinski definition) is 2. The van der Waals surface area contributed by atoms with Crippen LogP contribution in [-0.4, -0.2) is 30.4 Å². The third kappa shape index (κ3) is 5.07. The van der Waals surface area contributed by atoms with Gasteiger partial charge in [0.2, 0.25) is 0 Å². The number of benzene rings is 1. The maximum absolute atomic E-state index is 9.81. The van der Waals surface area contributed by atoms with Crippen LogP contribution in [0.1, 0.15) is 31.4 Å². The van der Waals surface area contributed by atoms with E-state index in [1.54, 1.807) is 0 Å². The van der Waals surface area contributed by atoms with Gasteiger partial charge in [-0.1, -0.05) is 24.6 Å². The van der Waals surface area contributed by atoms with E-state index in [0.717, 1.165) is 17.7 Å². The van der Waals surface area contributed by atoms with Crippen molar-refractivity contribution in [2.45, 2.75) is 46.3 Å². The molecular weight excluding hydrogens is 226 g/mol. The number of aliphatic hydroxyl groups is 1. The van der Waals surface area contributed by atoms with Gasteiger partial charge in [-0.05, 0) is 38.8 Å². The van der Waals surface area contributed by atoms with Gasteiger partial charge in [-0.3, -0.25) is 0 Å². The van der Waals surface area contributed by atoms with Gasteiger partial charge in [-0.2, -0.15) is 0 Å². The van der Waals surface area contributed by atoms with E-state index in [9.17, 15) is 5.11 Å². The molecule has 0 aliphatic rings. The normalized spacial score (nSPS) is 14.3.